The van der Waals surface area contributed by atoms with Gasteiger partial charge in [-0.2, -0.15) is 5.41 Å². The second kappa shape index (κ2) is 4.80. The largest absolute Gasteiger partial charge is 0.158 e. The van der Waals surface area contributed by atoms with Crippen LogP contribution in [0.5, 0.6) is 0 Å². The molecule has 2 heteroatoms. The minimum absolute atomic E-state index is 0.853. The van der Waals surface area contributed by atoms with Crippen molar-refractivity contribution in [3.63, 3.8) is 0 Å². The zero-order valence-corrected chi connectivity index (χ0v) is 8.95. The molecule has 0 saturated carbocycles. The summed E-state index contributed by atoms with van der Waals surface area (Å²) in [6, 6.07) is 17.9. The standard InChI is InChI=1S/C13H10NS/c14-10-11-6-4-5-9-13(11)15-12-7-2-1-3-8-12/h1-10H. The van der Waals surface area contributed by atoms with Crippen LogP contribution >= 0.6 is 11.8 Å². The van der Waals surface area contributed by atoms with Crippen molar-refractivity contribution in [3.05, 3.63) is 60.2 Å². The summed E-state index contributed by atoms with van der Waals surface area (Å²) >= 11 is 1.65. The van der Waals surface area contributed by atoms with Gasteiger partial charge in [0, 0.05) is 15.4 Å². The van der Waals surface area contributed by atoms with Gasteiger partial charge in [0.2, 0.25) is 0 Å². The van der Waals surface area contributed by atoms with Crippen LogP contribution in [-0.4, -0.2) is 6.21 Å². The van der Waals surface area contributed by atoms with E-state index in [0.29, 0.717) is 0 Å². The van der Waals surface area contributed by atoms with E-state index < -0.39 is 0 Å². The SMILES string of the molecule is [N]=Cc1ccccc1Sc1ccccc1. The van der Waals surface area contributed by atoms with Gasteiger partial charge in [-0.25, -0.2) is 0 Å². The highest BCUT2D eigenvalue weighted by molar-refractivity contribution is 7.99. The Hall–Kier alpha value is -1.54. The average Bonchev–Trinajstić information content (AvgIpc) is 2.31. The molecular weight excluding hydrogens is 202 g/mol. The van der Waals surface area contributed by atoms with Crippen LogP contribution in [-0.2, 0) is 0 Å². The number of nitrogens with zero attached hydrogens (tertiary/aromatic N) is 1. The molecule has 73 valence electrons. The van der Waals surface area contributed by atoms with E-state index in [1.54, 1.807) is 11.8 Å². The highest BCUT2D eigenvalue weighted by Gasteiger charge is 2.00. The van der Waals surface area contributed by atoms with Crippen LogP contribution in [0.25, 0.3) is 0 Å². The number of hydrogen-bond donors (Lipinski definition) is 0. The van der Waals surface area contributed by atoms with Crippen molar-refractivity contribution in [3.8, 4) is 0 Å². The third-order valence-corrected chi connectivity index (χ3v) is 3.13. The summed E-state index contributed by atoms with van der Waals surface area (Å²) in [6.07, 6.45) is 1.14. The van der Waals surface area contributed by atoms with Crippen LogP contribution in [0, 0.1) is 0 Å². The molecule has 2 rings (SSSR count). The van der Waals surface area contributed by atoms with Crippen LogP contribution in [0.2, 0.25) is 0 Å². The van der Waals surface area contributed by atoms with Gasteiger partial charge in [-0.05, 0) is 18.2 Å². The Balaban J connectivity index is 2.28. The van der Waals surface area contributed by atoms with E-state index in [2.05, 4.69) is 12.1 Å². The molecule has 0 heterocycles. The van der Waals surface area contributed by atoms with Gasteiger partial charge in [0.05, 0.1) is 6.21 Å². The predicted octanol–water partition coefficient (Wildman–Crippen LogP) is 3.06. The molecule has 0 spiro atoms. The summed E-state index contributed by atoms with van der Waals surface area (Å²) in [5.74, 6) is 0. The minimum Gasteiger partial charge on any atom is -0.158 e. The lowest BCUT2D eigenvalue weighted by Crippen LogP contribution is -1.85. The first-order valence-corrected chi connectivity index (χ1v) is 5.51. The number of hydrogen-bond acceptors (Lipinski definition) is 1. The lowest BCUT2D eigenvalue weighted by atomic mass is 10.2. The van der Waals surface area contributed by atoms with E-state index in [0.717, 1.165) is 16.7 Å². The van der Waals surface area contributed by atoms with Gasteiger partial charge in [-0.1, -0.05) is 48.2 Å². The monoisotopic (exact) mass is 212 g/mol. The van der Waals surface area contributed by atoms with Gasteiger partial charge in [-0.3, -0.25) is 0 Å². The number of benzene rings is 2. The topological polar surface area (TPSA) is 22.3 Å². The van der Waals surface area contributed by atoms with Crippen molar-refractivity contribution in [1.29, 1.82) is 0 Å². The van der Waals surface area contributed by atoms with E-state index >= 15 is 0 Å². The highest BCUT2D eigenvalue weighted by atomic mass is 32.2. The molecule has 0 atom stereocenters. The molecule has 0 aliphatic heterocycles. The molecular formula is C13H10NS. The summed E-state index contributed by atoms with van der Waals surface area (Å²) in [6.45, 7) is 0. The van der Waals surface area contributed by atoms with Crippen molar-refractivity contribution in [2.45, 2.75) is 9.79 Å². The Morgan fingerprint density at radius 1 is 0.867 bits per heavy atom. The zero-order chi connectivity index (χ0) is 10.5. The van der Waals surface area contributed by atoms with Gasteiger partial charge in [0.25, 0.3) is 0 Å². The van der Waals surface area contributed by atoms with Crippen molar-refractivity contribution < 1.29 is 0 Å². The molecule has 0 aromatic heterocycles. The summed E-state index contributed by atoms with van der Waals surface area (Å²) in [7, 11) is 0. The fourth-order valence-electron chi connectivity index (χ4n) is 1.30. The minimum atomic E-state index is 0.853. The van der Waals surface area contributed by atoms with Gasteiger partial charge in [-0.15, -0.1) is 0 Å². The zero-order valence-electron chi connectivity index (χ0n) is 8.13. The lowest BCUT2D eigenvalue weighted by Gasteiger charge is -2.03. The fraction of sp³-hybridized carbons (Fsp3) is 0. The van der Waals surface area contributed by atoms with Crippen LogP contribution in [0.15, 0.2) is 64.4 Å². The van der Waals surface area contributed by atoms with Gasteiger partial charge < -0.3 is 0 Å². The molecule has 0 aliphatic rings. The summed E-state index contributed by atoms with van der Waals surface area (Å²) in [5, 5.41) is 9.06. The molecule has 0 fully saturated rings. The highest BCUT2D eigenvalue weighted by Crippen LogP contribution is 2.29. The van der Waals surface area contributed by atoms with Gasteiger partial charge in [0.15, 0.2) is 0 Å². The van der Waals surface area contributed by atoms with E-state index in [1.165, 1.54) is 4.90 Å². The van der Waals surface area contributed by atoms with E-state index in [1.807, 2.05) is 42.5 Å². The Morgan fingerprint density at radius 3 is 2.27 bits per heavy atom. The third-order valence-electron chi connectivity index (χ3n) is 2.03. The normalized spacial score (nSPS) is 9.87. The van der Waals surface area contributed by atoms with E-state index in [9.17, 15) is 0 Å². The van der Waals surface area contributed by atoms with Crippen molar-refractivity contribution in [2.75, 3.05) is 0 Å². The maximum Gasteiger partial charge on any atom is 0.0579 e. The van der Waals surface area contributed by atoms with E-state index in [-0.39, 0.29) is 0 Å². The quantitative estimate of drug-likeness (QED) is 0.717. The molecule has 0 aliphatic carbocycles. The smallest absolute Gasteiger partial charge is 0.0579 e. The van der Waals surface area contributed by atoms with Crippen molar-refractivity contribution >= 4 is 18.0 Å². The Labute approximate surface area is 93.7 Å². The van der Waals surface area contributed by atoms with Crippen molar-refractivity contribution in [1.82, 2.24) is 5.41 Å². The summed E-state index contributed by atoms with van der Waals surface area (Å²) in [4.78, 5) is 2.23. The molecule has 0 N–H and O–H groups in total. The molecule has 2 aromatic rings. The summed E-state index contributed by atoms with van der Waals surface area (Å²) < 4.78 is 0. The van der Waals surface area contributed by atoms with E-state index in [4.69, 9.17) is 5.41 Å². The molecule has 1 nitrogen and oxygen atoms in total. The molecule has 15 heavy (non-hydrogen) atoms. The second-order valence-corrected chi connectivity index (χ2v) is 4.20. The molecule has 1 radical (unpaired) electrons. The Bertz CT molecular complexity index is 451. The Morgan fingerprint density at radius 2 is 1.53 bits per heavy atom. The van der Waals surface area contributed by atoms with Crippen LogP contribution < -0.4 is 5.41 Å². The lowest BCUT2D eigenvalue weighted by molar-refractivity contribution is 1.39. The average molecular weight is 212 g/mol. The second-order valence-electron chi connectivity index (χ2n) is 3.08. The molecule has 2 aromatic carbocycles. The number of rotatable bonds is 3. The van der Waals surface area contributed by atoms with Gasteiger partial charge in [0.1, 0.15) is 0 Å². The molecule has 0 bridgehead atoms. The maximum atomic E-state index is 9.06. The fourth-order valence-corrected chi connectivity index (χ4v) is 2.23. The molecule has 0 amide bonds. The first-order valence-electron chi connectivity index (χ1n) is 4.69. The predicted molar refractivity (Wildman–Crippen MR) is 64.3 cm³/mol. The maximum absolute atomic E-state index is 9.06. The van der Waals surface area contributed by atoms with Crippen molar-refractivity contribution in [2.24, 2.45) is 0 Å². The molecule has 0 unspecified atom stereocenters. The third kappa shape index (κ3) is 2.48. The van der Waals surface area contributed by atoms with Crippen LogP contribution in [0.3, 0.4) is 0 Å². The first-order chi connectivity index (χ1) is 7.40. The molecule has 0 saturated heterocycles. The van der Waals surface area contributed by atoms with Crippen LogP contribution in [0.1, 0.15) is 5.56 Å². The Kier molecular flexibility index (Phi) is 3.20. The first kappa shape index (κ1) is 9.99. The van der Waals surface area contributed by atoms with Crippen LogP contribution in [0.4, 0.5) is 0 Å². The van der Waals surface area contributed by atoms with Gasteiger partial charge >= 0.3 is 0 Å². The summed E-state index contributed by atoms with van der Waals surface area (Å²) in [5.41, 5.74) is 0.853.